The quantitative estimate of drug-likeness (QED) is 0.407. The zero-order valence-electron chi connectivity index (χ0n) is 19.6. The molecule has 1 aromatic heterocycles. The lowest BCUT2D eigenvalue weighted by Gasteiger charge is -2.30. The van der Waals surface area contributed by atoms with E-state index in [9.17, 15) is 9.59 Å². The zero-order chi connectivity index (χ0) is 23.8. The van der Waals surface area contributed by atoms with Gasteiger partial charge in [0.25, 0.3) is 0 Å². The van der Waals surface area contributed by atoms with Crippen LogP contribution in [-0.2, 0) is 17.9 Å². The third-order valence-corrected chi connectivity index (χ3v) is 5.99. The highest BCUT2D eigenvalue weighted by molar-refractivity contribution is 7.98. The molecule has 33 heavy (non-hydrogen) atoms. The maximum Gasteiger partial charge on any atom is 0.322 e. The number of anilines is 1. The minimum absolute atomic E-state index is 0.0288. The Morgan fingerprint density at radius 1 is 0.970 bits per heavy atom. The van der Waals surface area contributed by atoms with E-state index in [2.05, 4.69) is 5.32 Å². The van der Waals surface area contributed by atoms with Crippen LogP contribution in [0.15, 0.2) is 76.0 Å². The molecule has 3 aromatic rings. The Morgan fingerprint density at radius 2 is 1.67 bits per heavy atom. The van der Waals surface area contributed by atoms with Crippen LogP contribution in [0.4, 0.5) is 10.5 Å². The number of carbonyl (C=O) groups excluding carboxylic acids is 2. The van der Waals surface area contributed by atoms with E-state index in [0.717, 1.165) is 16.2 Å². The molecule has 0 saturated heterocycles. The van der Waals surface area contributed by atoms with Crippen LogP contribution >= 0.6 is 11.8 Å². The van der Waals surface area contributed by atoms with Gasteiger partial charge in [-0.3, -0.25) is 4.79 Å². The summed E-state index contributed by atoms with van der Waals surface area (Å²) in [6.07, 6.45) is 2.00. The van der Waals surface area contributed by atoms with E-state index < -0.39 is 0 Å². The minimum Gasteiger partial charge on any atom is -0.464 e. The lowest BCUT2D eigenvalue weighted by atomic mass is 10.2. The van der Waals surface area contributed by atoms with Crippen molar-refractivity contribution in [2.75, 3.05) is 18.1 Å². The van der Waals surface area contributed by atoms with Gasteiger partial charge in [-0.25, -0.2) is 4.79 Å². The van der Waals surface area contributed by atoms with Gasteiger partial charge in [-0.15, -0.1) is 11.8 Å². The Morgan fingerprint density at radius 3 is 2.24 bits per heavy atom. The molecular weight excluding hydrogens is 434 g/mol. The highest BCUT2D eigenvalue weighted by Crippen LogP contribution is 2.19. The van der Waals surface area contributed by atoms with E-state index in [0.29, 0.717) is 24.5 Å². The molecule has 6 nitrogen and oxygen atoms in total. The molecule has 7 heteroatoms. The molecule has 3 amide bonds. The maximum absolute atomic E-state index is 13.4. The van der Waals surface area contributed by atoms with E-state index in [-0.39, 0.29) is 24.5 Å². The Balaban J connectivity index is 1.73. The fraction of sp³-hybridized carbons (Fsp3) is 0.308. The van der Waals surface area contributed by atoms with E-state index in [4.69, 9.17) is 4.42 Å². The van der Waals surface area contributed by atoms with Gasteiger partial charge in [0.1, 0.15) is 18.1 Å². The number of amides is 3. The SMILES string of the molecule is CSc1ccc(NC(=O)N(CC(=O)N(Cc2ccccc2)Cc2ccc(C)o2)C(C)C)cc1. The molecule has 0 fully saturated rings. The number of nitrogens with one attached hydrogen (secondary N) is 1. The van der Waals surface area contributed by atoms with Gasteiger partial charge in [-0.2, -0.15) is 0 Å². The van der Waals surface area contributed by atoms with Gasteiger partial charge in [0.2, 0.25) is 5.91 Å². The van der Waals surface area contributed by atoms with Crippen molar-refractivity contribution in [2.24, 2.45) is 0 Å². The van der Waals surface area contributed by atoms with Crippen LogP contribution in [0.1, 0.15) is 30.9 Å². The second-order valence-corrected chi connectivity index (χ2v) is 9.01. The number of aryl methyl sites for hydroxylation is 1. The van der Waals surface area contributed by atoms with Crippen LogP contribution in [0.5, 0.6) is 0 Å². The summed E-state index contributed by atoms with van der Waals surface area (Å²) in [6, 6.07) is 20.8. The molecule has 0 aliphatic rings. The van der Waals surface area contributed by atoms with Crippen molar-refractivity contribution in [3.63, 3.8) is 0 Å². The van der Waals surface area contributed by atoms with Gasteiger partial charge in [-0.05, 0) is 69.0 Å². The van der Waals surface area contributed by atoms with Gasteiger partial charge < -0.3 is 19.5 Å². The highest BCUT2D eigenvalue weighted by atomic mass is 32.2. The molecule has 0 radical (unpaired) electrons. The normalized spacial score (nSPS) is 10.8. The molecule has 0 unspecified atom stereocenters. The second-order valence-electron chi connectivity index (χ2n) is 8.13. The lowest BCUT2D eigenvalue weighted by Crippen LogP contribution is -2.47. The van der Waals surface area contributed by atoms with E-state index in [1.165, 1.54) is 0 Å². The van der Waals surface area contributed by atoms with Crippen LogP contribution in [-0.4, -0.2) is 40.6 Å². The molecule has 0 aliphatic heterocycles. The average Bonchev–Trinajstić information content (AvgIpc) is 3.22. The van der Waals surface area contributed by atoms with Gasteiger partial charge in [0, 0.05) is 23.2 Å². The summed E-state index contributed by atoms with van der Waals surface area (Å²) < 4.78 is 5.71. The maximum atomic E-state index is 13.4. The molecule has 3 rings (SSSR count). The third kappa shape index (κ3) is 7.15. The van der Waals surface area contributed by atoms with Crippen molar-refractivity contribution < 1.29 is 14.0 Å². The molecule has 2 aromatic carbocycles. The van der Waals surface area contributed by atoms with Crippen molar-refractivity contribution in [2.45, 2.75) is 44.8 Å². The van der Waals surface area contributed by atoms with Gasteiger partial charge in [0.05, 0.1) is 6.54 Å². The van der Waals surface area contributed by atoms with Gasteiger partial charge >= 0.3 is 6.03 Å². The molecule has 1 heterocycles. The largest absolute Gasteiger partial charge is 0.464 e. The molecule has 0 bridgehead atoms. The second kappa shape index (κ2) is 11.6. The molecule has 0 atom stereocenters. The molecule has 1 N–H and O–H groups in total. The highest BCUT2D eigenvalue weighted by Gasteiger charge is 2.24. The predicted molar refractivity (Wildman–Crippen MR) is 133 cm³/mol. The molecule has 0 aliphatic carbocycles. The Labute approximate surface area is 200 Å². The summed E-state index contributed by atoms with van der Waals surface area (Å²) in [5.41, 5.74) is 1.71. The summed E-state index contributed by atoms with van der Waals surface area (Å²) in [5, 5.41) is 2.91. The fourth-order valence-electron chi connectivity index (χ4n) is 3.40. The number of urea groups is 1. The first kappa shape index (κ1) is 24.5. The minimum atomic E-state index is -0.302. The van der Waals surface area contributed by atoms with Crippen molar-refractivity contribution in [1.29, 1.82) is 0 Å². The Hall–Kier alpha value is -3.19. The lowest BCUT2D eigenvalue weighted by molar-refractivity contribution is -0.133. The first-order chi connectivity index (χ1) is 15.9. The number of thioether (sulfide) groups is 1. The van der Waals surface area contributed by atoms with Gasteiger partial charge in [0.15, 0.2) is 0 Å². The van der Waals surface area contributed by atoms with E-state index in [1.54, 1.807) is 21.6 Å². The summed E-state index contributed by atoms with van der Waals surface area (Å²) in [4.78, 5) is 30.8. The predicted octanol–water partition coefficient (Wildman–Crippen LogP) is 5.78. The van der Waals surface area contributed by atoms with Crippen molar-refractivity contribution in [1.82, 2.24) is 9.80 Å². The van der Waals surface area contributed by atoms with Crippen LogP contribution < -0.4 is 5.32 Å². The third-order valence-electron chi connectivity index (χ3n) is 5.24. The summed E-state index contributed by atoms with van der Waals surface area (Å²) in [7, 11) is 0. The monoisotopic (exact) mass is 465 g/mol. The summed E-state index contributed by atoms with van der Waals surface area (Å²) in [5.74, 6) is 1.37. The van der Waals surface area contributed by atoms with Crippen molar-refractivity contribution in [3.8, 4) is 0 Å². The topological polar surface area (TPSA) is 65.8 Å². The number of furan rings is 1. The first-order valence-corrected chi connectivity index (χ1v) is 12.2. The molecule has 0 spiro atoms. The van der Waals surface area contributed by atoms with E-state index in [1.807, 2.05) is 93.8 Å². The van der Waals surface area contributed by atoms with Crippen LogP contribution in [0, 0.1) is 6.92 Å². The van der Waals surface area contributed by atoms with Crippen LogP contribution in [0.3, 0.4) is 0 Å². The van der Waals surface area contributed by atoms with Crippen LogP contribution in [0.25, 0.3) is 0 Å². The van der Waals surface area contributed by atoms with Gasteiger partial charge in [-0.1, -0.05) is 30.3 Å². The standard InChI is InChI=1S/C26H31N3O3S/c1-19(2)29(26(31)27-22-11-14-24(33-4)15-12-22)18-25(30)28(16-21-8-6-5-7-9-21)17-23-13-10-20(3)32-23/h5-15,19H,16-18H2,1-4H3,(H,27,31). The number of nitrogens with zero attached hydrogens (tertiary/aromatic N) is 2. The van der Waals surface area contributed by atoms with Crippen molar-refractivity contribution in [3.05, 3.63) is 83.8 Å². The Bertz CT molecular complexity index is 1050. The fourth-order valence-corrected chi connectivity index (χ4v) is 3.81. The number of benzene rings is 2. The van der Waals surface area contributed by atoms with Crippen molar-refractivity contribution >= 4 is 29.4 Å². The number of rotatable bonds is 9. The number of hydrogen-bond acceptors (Lipinski definition) is 4. The number of carbonyl (C=O) groups is 2. The van der Waals surface area contributed by atoms with Crippen LogP contribution in [0.2, 0.25) is 0 Å². The summed E-state index contributed by atoms with van der Waals surface area (Å²) >= 11 is 1.64. The smallest absolute Gasteiger partial charge is 0.322 e. The number of hydrogen-bond donors (Lipinski definition) is 1. The van der Waals surface area contributed by atoms with E-state index >= 15 is 0 Å². The first-order valence-electron chi connectivity index (χ1n) is 10.9. The summed E-state index contributed by atoms with van der Waals surface area (Å²) in [6.45, 7) is 6.43. The molecule has 0 saturated carbocycles. The molecular formula is C26H31N3O3S. The average molecular weight is 466 g/mol. The zero-order valence-corrected chi connectivity index (χ0v) is 20.4. The molecule has 174 valence electrons. The Kier molecular flexibility index (Phi) is 8.60.